The van der Waals surface area contributed by atoms with Gasteiger partial charge >= 0.3 is 12.4 Å². The largest absolute Gasteiger partial charge is 0.418 e. The number of nitrogens with zero attached hydrogens (tertiary/aromatic N) is 5. The fourth-order valence-corrected chi connectivity index (χ4v) is 12.8. The van der Waals surface area contributed by atoms with Crippen LogP contribution in [0.2, 0.25) is 0 Å². The number of nitrogens with one attached hydrogen (secondary N) is 1. The van der Waals surface area contributed by atoms with Crippen LogP contribution in [0.5, 0.6) is 0 Å². The molecule has 12 heteroatoms. The number of halogens is 6. The maximum absolute atomic E-state index is 16.1. The van der Waals surface area contributed by atoms with Crippen molar-refractivity contribution in [1.29, 1.82) is 0 Å². The second-order valence-electron chi connectivity index (χ2n) is 22.5. The van der Waals surface area contributed by atoms with Gasteiger partial charge in [0.05, 0.1) is 44.6 Å². The summed E-state index contributed by atoms with van der Waals surface area (Å²) in [5, 5.41) is 6.15. The quantitative estimate of drug-likeness (QED) is 0.110. The van der Waals surface area contributed by atoms with E-state index in [-0.39, 0.29) is 22.5 Å². The Balaban J connectivity index is 0.947. The van der Waals surface area contributed by atoms with Crippen LogP contribution in [0.15, 0.2) is 322 Å². The molecule has 1 N–H and O–H groups in total. The smallest absolute Gasteiger partial charge is 0.356 e. The van der Waals surface area contributed by atoms with E-state index >= 15 is 26.3 Å². The molecule has 0 aliphatic heterocycles. The predicted molar refractivity (Wildman–Crippen MR) is 364 cm³/mol. The lowest BCUT2D eigenvalue weighted by Gasteiger charge is -2.26. The fraction of sp³-hybridized carbons (Fsp3) is 0.0250. The Morgan fingerprint density at radius 1 is 0.239 bits per heavy atom. The fourth-order valence-electron chi connectivity index (χ4n) is 12.8. The minimum Gasteiger partial charge on any atom is -0.356 e. The van der Waals surface area contributed by atoms with Crippen molar-refractivity contribution >= 4 is 106 Å². The van der Waals surface area contributed by atoms with E-state index in [4.69, 9.17) is 0 Å². The lowest BCUT2D eigenvalue weighted by Crippen LogP contribution is -2.12. The molecule has 0 fully saturated rings. The molecule has 446 valence electrons. The summed E-state index contributed by atoms with van der Waals surface area (Å²) in [7, 11) is 0. The molecule has 0 saturated carbocycles. The molecule has 13 aromatic carbocycles. The summed E-state index contributed by atoms with van der Waals surface area (Å²) in [6.45, 7) is 0. The van der Waals surface area contributed by atoms with Gasteiger partial charge in [0.1, 0.15) is 0 Å². The van der Waals surface area contributed by atoms with Crippen molar-refractivity contribution in [3.8, 4) is 22.5 Å². The zero-order valence-electron chi connectivity index (χ0n) is 49.1. The number of para-hydroxylation sites is 7. The van der Waals surface area contributed by atoms with Crippen molar-refractivity contribution in [2.24, 2.45) is 0 Å². The molecular weight excluding hydrogens is 1160 g/mol. The maximum Gasteiger partial charge on any atom is 0.418 e. The van der Waals surface area contributed by atoms with Crippen LogP contribution in [0.4, 0.5) is 88.9 Å². The van der Waals surface area contributed by atoms with Crippen molar-refractivity contribution in [2.75, 3.05) is 20.0 Å². The van der Waals surface area contributed by atoms with E-state index in [0.29, 0.717) is 49.3 Å². The molecule has 0 aliphatic carbocycles. The molecule has 92 heavy (non-hydrogen) atoms. The van der Waals surface area contributed by atoms with Gasteiger partial charge in [-0.2, -0.15) is 26.3 Å². The van der Waals surface area contributed by atoms with Gasteiger partial charge in [-0.1, -0.05) is 140 Å². The molecule has 6 nitrogen and oxygen atoms in total. The van der Waals surface area contributed by atoms with Gasteiger partial charge in [-0.15, -0.1) is 0 Å². The number of hydrogen-bond donors (Lipinski definition) is 1. The highest BCUT2D eigenvalue weighted by molar-refractivity contribution is 6.14. The number of anilines is 11. The molecule has 0 saturated heterocycles. The normalized spacial score (nSPS) is 11.8. The summed E-state index contributed by atoms with van der Waals surface area (Å²) >= 11 is 0. The Morgan fingerprint density at radius 2 is 0.511 bits per heavy atom. The van der Waals surface area contributed by atoms with Gasteiger partial charge in [-0.05, 0) is 193 Å². The molecule has 15 rings (SSSR count). The summed E-state index contributed by atoms with van der Waals surface area (Å²) in [6.07, 6.45) is -9.73. The van der Waals surface area contributed by atoms with E-state index in [9.17, 15) is 0 Å². The second kappa shape index (κ2) is 23.3. The number of hydrogen-bond acceptors (Lipinski definition) is 4. The predicted octanol–water partition coefficient (Wildman–Crippen LogP) is 23.7. The van der Waals surface area contributed by atoms with Crippen molar-refractivity contribution < 1.29 is 26.3 Å². The van der Waals surface area contributed by atoms with Crippen LogP contribution in [0.25, 0.3) is 66.1 Å². The van der Waals surface area contributed by atoms with Crippen molar-refractivity contribution in [3.63, 3.8) is 0 Å². The third-order valence-corrected chi connectivity index (χ3v) is 16.8. The van der Waals surface area contributed by atoms with Gasteiger partial charge in [-0.3, -0.25) is 0 Å². The molecule has 2 aromatic heterocycles. The van der Waals surface area contributed by atoms with Crippen LogP contribution < -0.4 is 20.0 Å². The first kappa shape index (κ1) is 56.7. The summed E-state index contributed by atoms with van der Waals surface area (Å²) < 4.78 is 99.2. The Morgan fingerprint density at radius 3 is 0.804 bits per heavy atom. The van der Waals surface area contributed by atoms with Gasteiger partial charge in [-0.25, -0.2) is 0 Å². The zero-order chi connectivity index (χ0) is 62.5. The summed E-state index contributed by atoms with van der Waals surface area (Å²) in [4.78, 5) is 6.32. The average Bonchev–Trinajstić information content (AvgIpc) is 1.50. The number of aromatic nitrogens is 2. The van der Waals surface area contributed by atoms with E-state index in [2.05, 4.69) is 20.0 Å². The van der Waals surface area contributed by atoms with Crippen LogP contribution in [0.1, 0.15) is 11.1 Å². The third-order valence-electron chi connectivity index (χ3n) is 16.8. The van der Waals surface area contributed by atoms with Crippen LogP contribution in [0.3, 0.4) is 0 Å². The average molecular weight is 1210 g/mol. The molecule has 0 bridgehead atoms. The Hall–Kier alpha value is -11.8. The molecule has 0 atom stereocenters. The first-order valence-electron chi connectivity index (χ1n) is 30.0. The lowest BCUT2D eigenvalue weighted by molar-refractivity contribution is -0.138. The molecule has 0 unspecified atom stereocenters. The molecule has 0 amide bonds. The Kier molecular flexibility index (Phi) is 14.4. The number of rotatable bonds is 14. The minimum absolute atomic E-state index is 0.198. The van der Waals surface area contributed by atoms with E-state index in [1.165, 1.54) is 24.3 Å². The van der Waals surface area contributed by atoms with Crippen LogP contribution >= 0.6 is 0 Å². The van der Waals surface area contributed by atoms with Crippen molar-refractivity contribution in [2.45, 2.75) is 12.4 Å². The van der Waals surface area contributed by atoms with E-state index in [1.54, 1.807) is 9.13 Å². The van der Waals surface area contributed by atoms with Gasteiger partial charge < -0.3 is 29.2 Å². The van der Waals surface area contributed by atoms with Crippen molar-refractivity contribution in [3.05, 3.63) is 333 Å². The summed E-state index contributed by atoms with van der Waals surface area (Å²) in [6, 6.07) is 99.4. The monoisotopic (exact) mass is 1210 g/mol. The van der Waals surface area contributed by atoms with Crippen molar-refractivity contribution in [1.82, 2.24) is 9.13 Å². The third kappa shape index (κ3) is 10.6. The lowest BCUT2D eigenvalue weighted by atomic mass is 9.99. The summed E-state index contributed by atoms with van der Waals surface area (Å²) in [5.74, 6) is 0. The van der Waals surface area contributed by atoms with Crippen LogP contribution in [-0.4, -0.2) is 9.13 Å². The Labute approximate surface area is 526 Å². The highest BCUT2D eigenvalue weighted by Gasteiger charge is 2.37. The first-order valence-corrected chi connectivity index (χ1v) is 30.0. The molecule has 0 spiro atoms. The van der Waals surface area contributed by atoms with Gasteiger partial charge in [0.25, 0.3) is 0 Å². The minimum atomic E-state index is -4.87. The molecule has 0 aliphatic rings. The van der Waals surface area contributed by atoms with Crippen LogP contribution in [-0.2, 0) is 12.4 Å². The Bertz CT molecular complexity index is 4900. The van der Waals surface area contributed by atoms with Crippen LogP contribution in [0, 0.1) is 0 Å². The first-order chi connectivity index (χ1) is 44.9. The SMILES string of the molecule is FC(F)(F)c1ccc(-c2ccc(C(F)(F)F)c(-n3c4ccc(N(c5ccccc5)c5ccccc5)cc4c4cc(N(c5ccccc5)c5ccccc5)ccc43)c2)cc1-n1c2ccc(Nc3ccccc3)cc2c2cc(N(c3ccccc3)c3ccccc3)ccc21. The molecule has 0 radical (unpaired) electrons. The van der Waals surface area contributed by atoms with Gasteiger partial charge in [0.15, 0.2) is 0 Å². The molecule has 15 aromatic rings. The zero-order valence-corrected chi connectivity index (χ0v) is 49.1. The van der Waals surface area contributed by atoms with Gasteiger partial charge in [0, 0.05) is 84.1 Å². The maximum atomic E-state index is 16.1. The number of fused-ring (bicyclic) bond motifs is 6. The van der Waals surface area contributed by atoms with E-state index in [1.807, 2.05) is 285 Å². The van der Waals surface area contributed by atoms with E-state index in [0.717, 1.165) is 69.0 Å². The molecular formula is C80H54F6N6. The second-order valence-corrected chi connectivity index (χ2v) is 22.5. The topological polar surface area (TPSA) is 31.6 Å². The summed E-state index contributed by atoms with van der Waals surface area (Å²) in [5.41, 5.74) is 9.29. The highest BCUT2D eigenvalue weighted by Crippen LogP contribution is 2.48. The number of alkyl halides is 6. The number of benzene rings is 13. The molecule has 2 heterocycles. The standard InChI is InChI=1S/C80H54F6N6/c81-79(82,83)71-42-36-54(48-77(71)91-73-44-38-57(87-56-22-8-1-9-23-56)50-67(73)68-51-64(39-45-74(68)91)88(58-24-10-2-11-25-58)59-26-12-3-13-27-59)55-37-43-72(80(84,85)86)78(49-55)92-75-46-40-65(89(60-28-14-4-15-29-60)61-30-16-5-17-31-61)52-69(75)70-53-66(41-47-76(70)92)90(62-32-18-6-19-33-62)63-34-20-7-21-35-63/h1-53,87H. The van der Waals surface area contributed by atoms with E-state index < -0.39 is 23.5 Å². The van der Waals surface area contributed by atoms with Gasteiger partial charge in [0.2, 0.25) is 0 Å². The highest BCUT2D eigenvalue weighted by atomic mass is 19.4.